The van der Waals surface area contributed by atoms with E-state index in [4.69, 9.17) is 0 Å². The summed E-state index contributed by atoms with van der Waals surface area (Å²) in [5, 5.41) is 11.8. The van der Waals surface area contributed by atoms with E-state index in [-0.39, 0.29) is 11.1 Å². The Morgan fingerprint density at radius 1 is 1.03 bits per heavy atom. The molecule has 1 aliphatic rings. The fraction of sp³-hybridized carbons (Fsp3) is 0.0833. The molecule has 34 heavy (non-hydrogen) atoms. The number of carbonyl (C=O) groups is 3. The van der Waals surface area contributed by atoms with Crippen LogP contribution in [0.3, 0.4) is 0 Å². The zero-order valence-electron chi connectivity index (χ0n) is 17.8. The van der Waals surface area contributed by atoms with Gasteiger partial charge < -0.3 is 0 Å². The normalized spacial score (nSPS) is 12.8. The lowest BCUT2D eigenvalue weighted by molar-refractivity contribution is -0.385. The van der Waals surface area contributed by atoms with E-state index in [1.165, 1.54) is 28.4 Å². The van der Waals surface area contributed by atoms with E-state index in [2.05, 4.69) is 4.98 Å². The monoisotopic (exact) mass is 472 g/mol. The molecule has 0 bridgehead atoms. The Morgan fingerprint density at radius 3 is 2.50 bits per heavy atom. The molecule has 2 heterocycles. The van der Waals surface area contributed by atoms with E-state index in [9.17, 15) is 24.5 Å². The van der Waals surface area contributed by atoms with Gasteiger partial charge in [0.25, 0.3) is 23.4 Å². The van der Waals surface area contributed by atoms with Crippen LogP contribution in [0.2, 0.25) is 0 Å². The Kier molecular flexibility index (Phi) is 5.14. The fourth-order valence-electron chi connectivity index (χ4n) is 3.93. The van der Waals surface area contributed by atoms with Gasteiger partial charge in [-0.1, -0.05) is 47.7 Å². The minimum absolute atomic E-state index is 0.0885. The van der Waals surface area contributed by atoms with Crippen molar-refractivity contribution < 1.29 is 19.3 Å². The molecule has 1 aromatic heterocycles. The fourth-order valence-corrected chi connectivity index (χ4v) is 4.93. The molecule has 3 amide bonds. The van der Waals surface area contributed by atoms with Gasteiger partial charge in [0.15, 0.2) is 5.13 Å². The molecule has 0 unspecified atom stereocenters. The molecule has 0 radical (unpaired) electrons. The maximum Gasteiger partial charge on any atom is 0.282 e. The number of anilines is 2. The second kappa shape index (κ2) is 8.16. The predicted molar refractivity (Wildman–Crippen MR) is 126 cm³/mol. The van der Waals surface area contributed by atoms with Crippen LogP contribution in [0.25, 0.3) is 10.2 Å². The second-order valence-corrected chi connectivity index (χ2v) is 8.64. The number of imide groups is 1. The van der Waals surface area contributed by atoms with Crippen molar-refractivity contribution in [3.8, 4) is 0 Å². The molecule has 0 saturated heterocycles. The first kappa shape index (κ1) is 21.4. The highest BCUT2D eigenvalue weighted by atomic mass is 32.1. The third-order valence-electron chi connectivity index (χ3n) is 5.55. The van der Waals surface area contributed by atoms with Crippen LogP contribution in [-0.2, 0) is 4.79 Å². The number of para-hydroxylation sites is 2. The predicted octanol–water partition coefficient (Wildman–Crippen LogP) is 4.47. The number of nitro groups is 1. The van der Waals surface area contributed by atoms with E-state index in [0.29, 0.717) is 16.3 Å². The van der Waals surface area contributed by atoms with Crippen LogP contribution in [0.4, 0.5) is 16.5 Å². The number of aryl methyl sites for hydroxylation is 1. The van der Waals surface area contributed by atoms with Crippen molar-refractivity contribution in [3.05, 3.63) is 93.5 Å². The van der Waals surface area contributed by atoms with Crippen molar-refractivity contribution in [2.24, 2.45) is 0 Å². The molecule has 0 fully saturated rings. The number of thiazole rings is 1. The first-order valence-corrected chi connectivity index (χ1v) is 11.1. The third-order valence-corrected chi connectivity index (χ3v) is 6.57. The molecule has 10 heteroatoms. The summed E-state index contributed by atoms with van der Waals surface area (Å²) in [7, 11) is 0. The van der Waals surface area contributed by atoms with Gasteiger partial charge in [-0.2, -0.15) is 0 Å². The van der Waals surface area contributed by atoms with Crippen LogP contribution in [0, 0.1) is 17.0 Å². The van der Waals surface area contributed by atoms with Gasteiger partial charge in [0.1, 0.15) is 12.1 Å². The van der Waals surface area contributed by atoms with Crippen LogP contribution in [-0.4, -0.2) is 39.1 Å². The molecule has 0 spiro atoms. The number of carbonyl (C=O) groups excluding carboxylic acids is 3. The topological polar surface area (TPSA) is 114 Å². The zero-order chi connectivity index (χ0) is 24.0. The summed E-state index contributed by atoms with van der Waals surface area (Å²) in [6.45, 7) is 1.25. The number of hydrogen-bond donors (Lipinski definition) is 0. The average Bonchev–Trinajstić information content (AvgIpc) is 3.35. The summed E-state index contributed by atoms with van der Waals surface area (Å²) in [6, 6.07) is 18.5. The number of benzene rings is 3. The number of nitro benzene ring substituents is 1. The molecule has 0 atom stereocenters. The highest BCUT2D eigenvalue weighted by Crippen LogP contribution is 2.36. The second-order valence-electron chi connectivity index (χ2n) is 7.63. The minimum Gasteiger partial charge on any atom is -0.272 e. The van der Waals surface area contributed by atoms with Gasteiger partial charge in [-0.15, -0.1) is 0 Å². The Morgan fingerprint density at radius 2 is 1.76 bits per heavy atom. The number of fused-ring (bicyclic) bond motifs is 2. The van der Waals surface area contributed by atoms with Gasteiger partial charge in [0.2, 0.25) is 0 Å². The number of hydrogen-bond acceptors (Lipinski definition) is 7. The molecule has 168 valence electrons. The van der Waals surface area contributed by atoms with Crippen molar-refractivity contribution in [1.29, 1.82) is 0 Å². The lowest BCUT2D eigenvalue weighted by Crippen LogP contribution is -2.41. The summed E-state index contributed by atoms with van der Waals surface area (Å²) >= 11 is 1.31. The first-order chi connectivity index (χ1) is 16.4. The smallest absolute Gasteiger partial charge is 0.272 e. The number of rotatable bonds is 5. The molecule has 0 N–H and O–H groups in total. The van der Waals surface area contributed by atoms with Gasteiger partial charge in [0, 0.05) is 6.07 Å². The number of nitrogens with zero attached hydrogens (tertiary/aromatic N) is 4. The number of amides is 3. The molecule has 0 aliphatic carbocycles. The van der Waals surface area contributed by atoms with Crippen molar-refractivity contribution in [2.45, 2.75) is 6.92 Å². The van der Waals surface area contributed by atoms with Gasteiger partial charge in [-0.25, -0.2) is 4.98 Å². The lowest BCUT2D eigenvalue weighted by Gasteiger charge is -2.24. The number of aromatic nitrogens is 1. The van der Waals surface area contributed by atoms with Gasteiger partial charge in [0.05, 0.1) is 26.4 Å². The molecule has 9 nitrogen and oxygen atoms in total. The molecule has 1 aliphatic heterocycles. The quantitative estimate of drug-likeness (QED) is 0.240. The Bertz CT molecular complexity index is 1480. The Labute approximate surface area is 197 Å². The third kappa shape index (κ3) is 3.41. The van der Waals surface area contributed by atoms with Gasteiger partial charge in [-0.05, 0) is 36.8 Å². The van der Waals surface area contributed by atoms with Crippen LogP contribution in [0.5, 0.6) is 0 Å². The van der Waals surface area contributed by atoms with E-state index >= 15 is 0 Å². The molecule has 0 saturated carbocycles. The van der Waals surface area contributed by atoms with Gasteiger partial charge >= 0.3 is 0 Å². The SMILES string of the molecule is Cc1ccccc1N(C(=O)CN1C(=O)c2cccc([N+](=O)[O-])c2C1=O)c1nc2ccccc2s1. The molecule has 4 aromatic rings. The van der Waals surface area contributed by atoms with E-state index in [1.54, 1.807) is 12.1 Å². The van der Waals surface area contributed by atoms with Crippen LogP contribution in [0.1, 0.15) is 26.3 Å². The highest BCUT2D eigenvalue weighted by Gasteiger charge is 2.42. The average molecular weight is 472 g/mol. The van der Waals surface area contributed by atoms with Crippen LogP contribution < -0.4 is 4.90 Å². The summed E-state index contributed by atoms with van der Waals surface area (Å²) in [5.41, 5.74) is 1.22. The molecular weight excluding hydrogens is 456 g/mol. The van der Waals surface area contributed by atoms with Crippen molar-refractivity contribution in [2.75, 3.05) is 11.4 Å². The Hall–Kier alpha value is -4.44. The van der Waals surface area contributed by atoms with Gasteiger partial charge in [-0.3, -0.25) is 34.3 Å². The van der Waals surface area contributed by atoms with E-state index < -0.39 is 34.9 Å². The summed E-state index contributed by atoms with van der Waals surface area (Å²) in [4.78, 5) is 56.9. The van der Waals surface area contributed by atoms with Crippen molar-refractivity contribution >= 4 is 55.8 Å². The highest BCUT2D eigenvalue weighted by molar-refractivity contribution is 7.22. The standard InChI is InChI=1S/C24H16N4O5S/c1-14-7-2-4-10-17(14)27(24-25-16-9-3-5-12-19(16)34-24)20(29)13-26-22(30)15-8-6-11-18(28(32)33)21(15)23(26)31/h2-12H,13H2,1H3. The first-order valence-electron chi connectivity index (χ1n) is 10.2. The molecule has 5 rings (SSSR count). The summed E-state index contributed by atoms with van der Waals surface area (Å²) in [5.74, 6) is -2.17. The maximum absolute atomic E-state index is 13.6. The summed E-state index contributed by atoms with van der Waals surface area (Å²) in [6.07, 6.45) is 0. The minimum atomic E-state index is -0.866. The van der Waals surface area contributed by atoms with Crippen LogP contribution >= 0.6 is 11.3 Å². The largest absolute Gasteiger partial charge is 0.282 e. The van der Waals surface area contributed by atoms with E-state index in [1.807, 2.05) is 43.3 Å². The molecular formula is C24H16N4O5S. The van der Waals surface area contributed by atoms with Crippen molar-refractivity contribution in [1.82, 2.24) is 9.88 Å². The lowest BCUT2D eigenvalue weighted by atomic mass is 10.1. The molecule has 3 aromatic carbocycles. The van der Waals surface area contributed by atoms with Crippen LogP contribution in [0.15, 0.2) is 66.7 Å². The maximum atomic E-state index is 13.6. The summed E-state index contributed by atoms with van der Waals surface area (Å²) < 4.78 is 0.875. The zero-order valence-corrected chi connectivity index (χ0v) is 18.6. The van der Waals surface area contributed by atoms with Crippen molar-refractivity contribution in [3.63, 3.8) is 0 Å². The Balaban J connectivity index is 1.55. The van der Waals surface area contributed by atoms with E-state index in [0.717, 1.165) is 21.2 Å².